The largest absolute Gasteiger partial charge is 0.481 e. The van der Waals surface area contributed by atoms with Crippen LogP contribution >= 0.6 is 0 Å². The smallest absolute Gasteiger partial charge is 0.212 e. The average molecular weight is 429 g/mol. The number of pyridine rings is 1. The number of para-hydroxylation sites is 1. The van der Waals surface area contributed by atoms with E-state index in [-0.39, 0.29) is 6.04 Å². The van der Waals surface area contributed by atoms with Crippen LogP contribution in [-0.4, -0.2) is 38.6 Å². The summed E-state index contributed by atoms with van der Waals surface area (Å²) < 4.78 is 7.19. The van der Waals surface area contributed by atoms with E-state index >= 15 is 0 Å². The predicted octanol–water partition coefficient (Wildman–Crippen LogP) is 3.75. The zero-order valence-electron chi connectivity index (χ0n) is 17.9. The van der Waals surface area contributed by atoms with Crippen molar-refractivity contribution in [2.75, 3.05) is 12.8 Å². The van der Waals surface area contributed by atoms with Gasteiger partial charge < -0.3 is 20.9 Å². The molecule has 0 aliphatic rings. The Morgan fingerprint density at radius 3 is 2.62 bits per heavy atom. The number of nitrogens with zero attached hydrogens (tertiary/aromatic N) is 6. The first kappa shape index (κ1) is 21.0. The van der Waals surface area contributed by atoms with E-state index < -0.39 is 0 Å². The Labute approximate surface area is 185 Å². The zero-order valence-corrected chi connectivity index (χ0v) is 17.9. The molecule has 4 N–H and O–H groups in total. The lowest BCUT2D eigenvalue weighted by Crippen LogP contribution is -2.21. The molecule has 0 saturated heterocycles. The molecule has 0 bridgehead atoms. The number of fused-ring (bicyclic) bond motifs is 1. The second-order valence-electron chi connectivity index (χ2n) is 7.07. The molecule has 0 saturated carbocycles. The van der Waals surface area contributed by atoms with Gasteiger partial charge in [-0.1, -0.05) is 25.1 Å². The Balaban J connectivity index is 1.81. The Morgan fingerprint density at radius 1 is 1.16 bits per heavy atom. The maximum Gasteiger partial charge on any atom is 0.212 e. The highest BCUT2D eigenvalue weighted by molar-refractivity contribution is 6.32. The molecular formula is C23H24N8O. The summed E-state index contributed by atoms with van der Waals surface area (Å²) in [4.78, 5) is 17.5. The number of aliphatic imine (C=N–C) groups is 1. The van der Waals surface area contributed by atoms with Gasteiger partial charge in [0, 0.05) is 29.6 Å². The van der Waals surface area contributed by atoms with Gasteiger partial charge in [0.1, 0.15) is 23.5 Å². The van der Waals surface area contributed by atoms with Crippen LogP contribution in [0.5, 0.6) is 5.88 Å². The normalized spacial score (nSPS) is 13.0. The summed E-state index contributed by atoms with van der Waals surface area (Å²) >= 11 is 0. The van der Waals surface area contributed by atoms with Crippen LogP contribution in [0, 0.1) is 0 Å². The second-order valence-corrected chi connectivity index (χ2v) is 7.07. The van der Waals surface area contributed by atoms with E-state index in [4.69, 9.17) is 16.3 Å². The molecule has 9 nitrogen and oxygen atoms in total. The number of benzene rings is 1. The first-order chi connectivity index (χ1) is 15.7. The van der Waals surface area contributed by atoms with Crippen LogP contribution in [0.2, 0.25) is 0 Å². The summed E-state index contributed by atoms with van der Waals surface area (Å²) in [5, 5.41) is 4.77. The van der Waals surface area contributed by atoms with Crippen molar-refractivity contribution in [1.29, 1.82) is 0 Å². The minimum Gasteiger partial charge on any atom is -0.481 e. The van der Waals surface area contributed by atoms with Crippen LogP contribution in [0.1, 0.15) is 19.4 Å². The van der Waals surface area contributed by atoms with Crippen molar-refractivity contribution in [2.24, 2.45) is 15.9 Å². The molecule has 0 aliphatic heterocycles. The molecule has 4 rings (SSSR count). The van der Waals surface area contributed by atoms with Crippen molar-refractivity contribution >= 4 is 34.5 Å². The molecule has 0 spiro atoms. The monoisotopic (exact) mass is 428 g/mol. The molecule has 0 aliphatic carbocycles. The van der Waals surface area contributed by atoms with Crippen LogP contribution in [0.3, 0.4) is 0 Å². The van der Waals surface area contributed by atoms with E-state index in [1.165, 1.54) is 6.33 Å². The Bertz CT molecular complexity index is 1260. The number of anilines is 1. The first-order valence-electron chi connectivity index (χ1n) is 10.1. The maximum absolute atomic E-state index is 6.26. The molecular weight excluding hydrogens is 404 g/mol. The molecule has 32 heavy (non-hydrogen) atoms. The summed E-state index contributed by atoms with van der Waals surface area (Å²) in [6, 6.07) is 13.2. The van der Waals surface area contributed by atoms with Gasteiger partial charge in [-0.05, 0) is 24.6 Å². The Hall–Kier alpha value is -4.27. The maximum atomic E-state index is 6.26. The molecule has 3 heterocycles. The summed E-state index contributed by atoms with van der Waals surface area (Å²) in [6.07, 6.45) is 7.57. The first-order valence-corrected chi connectivity index (χ1v) is 10.1. The number of hydrogen-bond donors (Lipinski definition) is 2. The molecule has 162 valence electrons. The number of aromatic nitrogens is 4. The fourth-order valence-corrected chi connectivity index (χ4v) is 3.63. The number of ether oxygens (including phenoxy) is 1. The van der Waals surface area contributed by atoms with E-state index in [0.717, 1.165) is 22.2 Å². The van der Waals surface area contributed by atoms with Crippen molar-refractivity contribution in [3.8, 4) is 17.0 Å². The van der Waals surface area contributed by atoms with Crippen LogP contribution in [0.25, 0.3) is 22.2 Å². The molecule has 1 atom stereocenters. The highest BCUT2D eigenvalue weighted by Crippen LogP contribution is 2.35. The van der Waals surface area contributed by atoms with Gasteiger partial charge in [-0.3, -0.25) is 4.99 Å². The second kappa shape index (κ2) is 9.25. The molecule has 4 aromatic rings. The number of hydrogen-bond acceptors (Lipinski definition) is 8. The summed E-state index contributed by atoms with van der Waals surface area (Å²) in [7, 11) is 1.58. The highest BCUT2D eigenvalue weighted by atomic mass is 16.5. The number of nitrogen functional groups attached to an aromatic ring is 1. The van der Waals surface area contributed by atoms with Crippen LogP contribution < -0.4 is 16.3 Å². The topological polar surface area (TPSA) is 130 Å². The van der Waals surface area contributed by atoms with Gasteiger partial charge in [-0.2, -0.15) is 5.10 Å². The van der Waals surface area contributed by atoms with Gasteiger partial charge >= 0.3 is 0 Å². The Kier molecular flexibility index (Phi) is 6.07. The van der Waals surface area contributed by atoms with Crippen molar-refractivity contribution in [1.82, 2.24) is 19.5 Å². The lowest BCUT2D eigenvalue weighted by molar-refractivity contribution is 0.398. The van der Waals surface area contributed by atoms with E-state index in [2.05, 4.69) is 32.0 Å². The minimum absolute atomic E-state index is 0.204. The fraction of sp³-hybridized carbons (Fsp3) is 0.174. The molecule has 0 radical (unpaired) electrons. The fourth-order valence-electron chi connectivity index (χ4n) is 3.63. The third kappa shape index (κ3) is 4.00. The van der Waals surface area contributed by atoms with E-state index in [1.54, 1.807) is 25.6 Å². The van der Waals surface area contributed by atoms with E-state index in [9.17, 15) is 0 Å². The van der Waals surface area contributed by atoms with Gasteiger partial charge in [0.15, 0.2) is 0 Å². The van der Waals surface area contributed by atoms with E-state index in [1.807, 2.05) is 47.2 Å². The summed E-state index contributed by atoms with van der Waals surface area (Å²) in [5.41, 5.74) is 10.1. The third-order valence-corrected chi connectivity index (χ3v) is 5.21. The van der Waals surface area contributed by atoms with Crippen LogP contribution in [0.15, 0.2) is 71.3 Å². The lowest BCUT2D eigenvalue weighted by atomic mass is 10.1. The Morgan fingerprint density at radius 2 is 1.97 bits per heavy atom. The molecule has 0 fully saturated rings. The van der Waals surface area contributed by atoms with E-state index in [0.29, 0.717) is 29.5 Å². The molecule has 1 unspecified atom stereocenters. The van der Waals surface area contributed by atoms with Crippen LogP contribution in [-0.2, 0) is 0 Å². The number of rotatable bonds is 7. The molecule has 1 aromatic carbocycles. The van der Waals surface area contributed by atoms with Gasteiger partial charge in [0.2, 0.25) is 5.88 Å². The summed E-state index contributed by atoms with van der Waals surface area (Å²) in [5.74, 6) is 6.69. The predicted molar refractivity (Wildman–Crippen MR) is 127 cm³/mol. The molecule has 3 aromatic heterocycles. The van der Waals surface area contributed by atoms with Crippen LogP contribution in [0.4, 0.5) is 11.5 Å². The van der Waals surface area contributed by atoms with Gasteiger partial charge in [0.05, 0.1) is 30.4 Å². The third-order valence-electron chi connectivity index (χ3n) is 5.21. The van der Waals surface area contributed by atoms with Crippen molar-refractivity contribution in [2.45, 2.75) is 19.4 Å². The molecule has 9 heteroatoms. The van der Waals surface area contributed by atoms with Gasteiger partial charge in [-0.25, -0.2) is 15.0 Å². The number of nitrogens with two attached hydrogens (primary N) is 2. The van der Waals surface area contributed by atoms with Crippen molar-refractivity contribution in [3.63, 3.8) is 0 Å². The van der Waals surface area contributed by atoms with Crippen molar-refractivity contribution in [3.05, 3.63) is 61.2 Å². The number of hydrazone groups is 1. The lowest BCUT2D eigenvalue weighted by Gasteiger charge is -2.17. The highest BCUT2D eigenvalue weighted by Gasteiger charge is 2.22. The SMILES string of the molecule is CCC(C(C=Nc1ccccc1)=NN)n1cc(-c2ccc(OC)nc2)c2c(N)ncnc21. The van der Waals surface area contributed by atoms with Gasteiger partial charge in [0.25, 0.3) is 0 Å². The van der Waals surface area contributed by atoms with Gasteiger partial charge in [-0.15, -0.1) is 0 Å². The quantitative estimate of drug-likeness (QED) is 0.262. The standard InChI is InChI=1S/C23H24N8O/c1-3-19(18(30-25)12-26-16-7-5-4-6-8-16)31-13-17(15-9-10-20(32-2)27-11-15)21-22(24)28-14-29-23(21)31/h4-14,19H,3,25H2,1-2H3,(H2,24,28,29). The average Bonchev–Trinajstić information content (AvgIpc) is 3.23. The minimum atomic E-state index is -0.204. The van der Waals surface area contributed by atoms with Crippen molar-refractivity contribution < 1.29 is 4.74 Å². The number of methoxy groups -OCH3 is 1. The summed E-state index contributed by atoms with van der Waals surface area (Å²) in [6.45, 7) is 2.05. The molecule has 0 amide bonds. The zero-order chi connectivity index (χ0) is 22.5.